The summed E-state index contributed by atoms with van der Waals surface area (Å²) in [6, 6.07) is 2.21. The van der Waals surface area contributed by atoms with Crippen LogP contribution in [0.5, 0.6) is 0 Å². The highest BCUT2D eigenvalue weighted by molar-refractivity contribution is 7.89. The molecule has 0 atom stereocenters. The van der Waals surface area contributed by atoms with Gasteiger partial charge in [-0.1, -0.05) is 0 Å². The van der Waals surface area contributed by atoms with E-state index in [1.165, 1.54) is 0 Å². The largest absolute Gasteiger partial charge is 0.380 e. The third-order valence-electron chi connectivity index (χ3n) is 3.26. The summed E-state index contributed by atoms with van der Waals surface area (Å²) < 4.78 is 34.2. The van der Waals surface area contributed by atoms with Crippen LogP contribution in [-0.4, -0.2) is 39.8 Å². The Bertz CT molecular complexity index is 535. The lowest BCUT2D eigenvalue weighted by atomic mass is 10.4. The molecular formula is C13H23N3O3S. The van der Waals surface area contributed by atoms with E-state index in [9.17, 15) is 8.42 Å². The van der Waals surface area contributed by atoms with Crippen LogP contribution in [0, 0.1) is 0 Å². The van der Waals surface area contributed by atoms with Crippen LogP contribution in [0.3, 0.4) is 0 Å². The van der Waals surface area contributed by atoms with Gasteiger partial charge < -0.3 is 14.6 Å². The van der Waals surface area contributed by atoms with Gasteiger partial charge in [0.2, 0.25) is 10.0 Å². The second kappa shape index (κ2) is 6.71. The Labute approximate surface area is 120 Å². The number of aromatic nitrogens is 1. The molecule has 7 heteroatoms. The Hall–Kier alpha value is -0.890. The first-order valence-electron chi connectivity index (χ1n) is 7.01. The molecule has 0 aliphatic heterocycles. The lowest BCUT2D eigenvalue weighted by molar-refractivity contribution is 0.153. The van der Waals surface area contributed by atoms with Crippen molar-refractivity contribution >= 4 is 10.0 Å². The molecule has 0 unspecified atom stereocenters. The van der Waals surface area contributed by atoms with E-state index in [1.54, 1.807) is 12.3 Å². The number of nitrogens with one attached hydrogen (secondary N) is 2. The molecule has 2 rings (SSSR count). The van der Waals surface area contributed by atoms with Gasteiger partial charge in [-0.3, -0.25) is 0 Å². The minimum atomic E-state index is -3.45. The molecule has 1 saturated carbocycles. The van der Waals surface area contributed by atoms with Crippen molar-refractivity contribution in [2.24, 2.45) is 0 Å². The fourth-order valence-electron chi connectivity index (χ4n) is 2.13. The smallest absolute Gasteiger partial charge is 0.242 e. The summed E-state index contributed by atoms with van der Waals surface area (Å²) in [4.78, 5) is 0.339. The van der Waals surface area contributed by atoms with Gasteiger partial charge in [0, 0.05) is 37.6 Å². The van der Waals surface area contributed by atoms with Crippen LogP contribution < -0.4 is 10.0 Å². The van der Waals surface area contributed by atoms with Crippen LogP contribution in [-0.2, 0) is 21.3 Å². The van der Waals surface area contributed by atoms with Gasteiger partial charge in [-0.05, 0) is 32.9 Å². The quantitative estimate of drug-likeness (QED) is 0.664. The molecule has 1 aliphatic carbocycles. The van der Waals surface area contributed by atoms with Crippen LogP contribution >= 0.6 is 0 Å². The highest BCUT2D eigenvalue weighted by Crippen LogP contribution is 2.37. The molecule has 1 heterocycles. The first-order chi connectivity index (χ1) is 9.58. The zero-order valence-electron chi connectivity index (χ0n) is 12.1. The topological polar surface area (TPSA) is 72.4 Å². The van der Waals surface area contributed by atoms with E-state index in [-0.39, 0.29) is 0 Å². The van der Waals surface area contributed by atoms with Gasteiger partial charge in [0.05, 0.1) is 11.5 Å². The van der Waals surface area contributed by atoms with E-state index >= 15 is 0 Å². The van der Waals surface area contributed by atoms with Gasteiger partial charge in [-0.25, -0.2) is 13.1 Å². The molecular weight excluding hydrogens is 278 g/mol. The minimum absolute atomic E-state index is 0.298. The lowest BCUT2D eigenvalue weighted by Gasteiger charge is -2.06. The Kier molecular flexibility index (Phi) is 5.20. The summed E-state index contributed by atoms with van der Waals surface area (Å²) in [6.07, 6.45) is 4.00. The molecule has 20 heavy (non-hydrogen) atoms. The van der Waals surface area contributed by atoms with Gasteiger partial charge >= 0.3 is 0 Å². The summed E-state index contributed by atoms with van der Waals surface area (Å²) in [5.74, 6) is 0. The standard InChI is InChI=1S/C13H23N3O3S/c1-3-19-7-6-15-20(17,18)13-8-12(9-14-2)16(10-13)11-4-5-11/h8,10-11,14-15H,3-7,9H2,1-2H3. The monoisotopic (exact) mass is 301 g/mol. The highest BCUT2D eigenvalue weighted by Gasteiger charge is 2.27. The van der Waals surface area contributed by atoms with Gasteiger partial charge in [0.25, 0.3) is 0 Å². The lowest BCUT2D eigenvalue weighted by Crippen LogP contribution is -2.27. The van der Waals surface area contributed by atoms with Crippen LogP contribution in [0.15, 0.2) is 17.2 Å². The predicted molar refractivity (Wildman–Crippen MR) is 77.1 cm³/mol. The molecule has 0 spiro atoms. The highest BCUT2D eigenvalue weighted by atomic mass is 32.2. The molecule has 0 saturated heterocycles. The second-order valence-corrected chi connectivity index (χ2v) is 6.70. The summed E-state index contributed by atoms with van der Waals surface area (Å²) >= 11 is 0. The zero-order chi connectivity index (χ0) is 14.6. The fourth-order valence-corrected chi connectivity index (χ4v) is 3.20. The number of hydrogen-bond donors (Lipinski definition) is 2. The third kappa shape index (κ3) is 3.82. The van der Waals surface area contributed by atoms with E-state index < -0.39 is 10.0 Å². The zero-order valence-corrected chi connectivity index (χ0v) is 12.9. The Morgan fingerprint density at radius 3 is 2.80 bits per heavy atom. The van der Waals surface area contributed by atoms with E-state index in [1.807, 2.05) is 14.0 Å². The second-order valence-electron chi connectivity index (χ2n) is 4.93. The van der Waals surface area contributed by atoms with E-state index in [0.717, 1.165) is 18.5 Å². The first-order valence-corrected chi connectivity index (χ1v) is 8.49. The first kappa shape index (κ1) is 15.5. The number of nitrogens with zero attached hydrogens (tertiary/aromatic N) is 1. The number of sulfonamides is 1. The molecule has 6 nitrogen and oxygen atoms in total. The average molecular weight is 301 g/mol. The van der Waals surface area contributed by atoms with E-state index in [2.05, 4.69) is 14.6 Å². The van der Waals surface area contributed by atoms with Crippen LogP contribution in [0.1, 0.15) is 31.5 Å². The molecule has 0 bridgehead atoms. The molecule has 114 valence electrons. The van der Waals surface area contributed by atoms with Crippen molar-refractivity contribution in [3.63, 3.8) is 0 Å². The minimum Gasteiger partial charge on any atom is -0.380 e. The third-order valence-corrected chi connectivity index (χ3v) is 4.69. The molecule has 0 amide bonds. The van der Waals surface area contributed by atoms with Gasteiger partial charge in [0.1, 0.15) is 0 Å². The van der Waals surface area contributed by atoms with Crippen molar-refractivity contribution in [3.05, 3.63) is 18.0 Å². The number of ether oxygens (including phenoxy) is 1. The summed E-state index contributed by atoms with van der Waals surface area (Å²) in [7, 11) is -1.59. The number of hydrogen-bond acceptors (Lipinski definition) is 4. The maximum absolute atomic E-state index is 12.2. The predicted octanol–water partition coefficient (Wildman–Crippen LogP) is 0.857. The molecule has 2 N–H and O–H groups in total. The number of rotatable bonds is 9. The van der Waals surface area contributed by atoms with Crippen molar-refractivity contribution < 1.29 is 13.2 Å². The SMILES string of the molecule is CCOCCNS(=O)(=O)c1cc(CNC)n(C2CC2)c1. The van der Waals surface area contributed by atoms with Gasteiger partial charge in [-0.2, -0.15) is 0 Å². The molecule has 0 radical (unpaired) electrons. The van der Waals surface area contributed by atoms with Crippen molar-refractivity contribution in [2.45, 2.75) is 37.2 Å². The van der Waals surface area contributed by atoms with Crippen LogP contribution in [0.4, 0.5) is 0 Å². The van der Waals surface area contributed by atoms with Crippen molar-refractivity contribution in [2.75, 3.05) is 26.8 Å². The maximum atomic E-state index is 12.2. The van der Waals surface area contributed by atoms with Crippen LogP contribution in [0.2, 0.25) is 0 Å². The van der Waals surface area contributed by atoms with Gasteiger partial charge in [-0.15, -0.1) is 0 Å². The van der Waals surface area contributed by atoms with E-state index in [0.29, 0.717) is 37.2 Å². The average Bonchev–Trinajstić information content (AvgIpc) is 3.16. The molecule has 1 aliphatic rings. The molecule has 0 aromatic carbocycles. The van der Waals surface area contributed by atoms with Crippen LogP contribution in [0.25, 0.3) is 0 Å². The van der Waals surface area contributed by atoms with Crippen molar-refractivity contribution in [1.82, 2.24) is 14.6 Å². The summed E-state index contributed by atoms with van der Waals surface area (Å²) in [5, 5.41) is 3.08. The van der Waals surface area contributed by atoms with E-state index in [4.69, 9.17) is 4.74 Å². The van der Waals surface area contributed by atoms with Crippen molar-refractivity contribution in [1.29, 1.82) is 0 Å². The Morgan fingerprint density at radius 1 is 1.45 bits per heavy atom. The molecule has 1 aromatic rings. The summed E-state index contributed by atoms with van der Waals surface area (Å²) in [5.41, 5.74) is 1.01. The Morgan fingerprint density at radius 2 is 2.20 bits per heavy atom. The fraction of sp³-hybridized carbons (Fsp3) is 0.692. The summed E-state index contributed by atoms with van der Waals surface area (Å²) in [6.45, 7) is 3.83. The molecule has 1 aromatic heterocycles. The van der Waals surface area contributed by atoms with Crippen molar-refractivity contribution in [3.8, 4) is 0 Å². The Balaban J connectivity index is 2.08. The van der Waals surface area contributed by atoms with Gasteiger partial charge in [0.15, 0.2) is 0 Å². The normalized spacial score (nSPS) is 15.7. The molecule has 1 fully saturated rings. The maximum Gasteiger partial charge on any atom is 0.242 e.